The molecule has 0 saturated heterocycles. The molecule has 116 valence electrons. The Labute approximate surface area is 135 Å². The van der Waals surface area contributed by atoms with Gasteiger partial charge >= 0.3 is 5.97 Å². The van der Waals surface area contributed by atoms with Gasteiger partial charge in [-0.25, -0.2) is 4.79 Å². The van der Waals surface area contributed by atoms with Gasteiger partial charge in [-0.3, -0.25) is 4.31 Å². The molecule has 0 radical (unpaired) electrons. The lowest BCUT2D eigenvalue weighted by Crippen LogP contribution is -2.15. The zero-order valence-corrected chi connectivity index (χ0v) is 14.4. The highest BCUT2D eigenvalue weighted by Gasteiger charge is 2.13. The van der Waals surface area contributed by atoms with Gasteiger partial charge in [0.2, 0.25) is 0 Å². The van der Waals surface area contributed by atoms with Crippen LogP contribution in [-0.4, -0.2) is 41.8 Å². The van der Waals surface area contributed by atoms with Crippen molar-refractivity contribution in [3.05, 3.63) is 34.9 Å². The number of nitrogens with zero attached hydrogens (tertiary/aromatic N) is 1. The van der Waals surface area contributed by atoms with Crippen molar-refractivity contribution < 1.29 is 14.6 Å². The predicted octanol–water partition coefficient (Wildman–Crippen LogP) is 3.33. The summed E-state index contributed by atoms with van der Waals surface area (Å²) in [5.74, 6) is -0.115. The number of likely N-dealkylation sites (N-methyl/N-ethyl adjacent to an activating group) is 1. The van der Waals surface area contributed by atoms with Crippen molar-refractivity contribution in [2.24, 2.45) is 0 Å². The standard InChI is InChI=1S/C15H21NO3S2/c1-10-9-12(19-8-7-16(3)20)5-6-13(10)14(21-4)11(2)15(17)18/h5-6,9,20H,7-8H2,1-4H3,(H,17,18)/b14-11+. The number of aryl methyl sites for hydroxylation is 1. The highest BCUT2D eigenvalue weighted by Crippen LogP contribution is 2.32. The van der Waals surface area contributed by atoms with Gasteiger partial charge in [0.05, 0.1) is 0 Å². The Hall–Kier alpha value is -1.11. The van der Waals surface area contributed by atoms with Crippen molar-refractivity contribution >= 4 is 35.5 Å². The molecular weight excluding hydrogens is 306 g/mol. The normalized spacial score (nSPS) is 12.3. The molecule has 0 bridgehead atoms. The summed E-state index contributed by atoms with van der Waals surface area (Å²) in [6.45, 7) is 4.86. The molecule has 1 aromatic carbocycles. The highest BCUT2D eigenvalue weighted by atomic mass is 32.2. The smallest absolute Gasteiger partial charge is 0.332 e. The van der Waals surface area contributed by atoms with Crippen molar-refractivity contribution in [3.63, 3.8) is 0 Å². The molecule has 0 saturated carbocycles. The minimum atomic E-state index is -0.893. The lowest BCUT2D eigenvalue weighted by atomic mass is 10.1. The molecule has 0 aromatic heterocycles. The maximum atomic E-state index is 11.1. The molecule has 0 aliphatic heterocycles. The molecule has 0 unspecified atom stereocenters. The quantitative estimate of drug-likeness (QED) is 0.594. The van der Waals surface area contributed by atoms with E-state index in [-0.39, 0.29) is 0 Å². The Morgan fingerprint density at radius 2 is 2.14 bits per heavy atom. The molecule has 6 heteroatoms. The van der Waals surface area contributed by atoms with Crippen LogP contribution in [0.2, 0.25) is 0 Å². The predicted molar refractivity (Wildman–Crippen MR) is 92.0 cm³/mol. The van der Waals surface area contributed by atoms with E-state index in [1.165, 1.54) is 11.8 Å². The molecule has 0 fully saturated rings. The van der Waals surface area contributed by atoms with Gasteiger partial charge in [0, 0.05) is 17.0 Å². The molecule has 1 rings (SSSR count). The summed E-state index contributed by atoms with van der Waals surface area (Å²) in [6.07, 6.45) is 1.88. The third kappa shape index (κ3) is 5.30. The first-order valence-corrected chi connectivity index (χ1v) is 8.11. The van der Waals surface area contributed by atoms with Gasteiger partial charge in [-0.2, -0.15) is 0 Å². The van der Waals surface area contributed by atoms with Crippen LogP contribution in [0.3, 0.4) is 0 Å². The van der Waals surface area contributed by atoms with Gasteiger partial charge in [0.1, 0.15) is 12.4 Å². The number of thioether (sulfide) groups is 1. The van der Waals surface area contributed by atoms with E-state index in [2.05, 4.69) is 12.8 Å². The Balaban J connectivity index is 2.97. The van der Waals surface area contributed by atoms with E-state index in [0.717, 1.165) is 28.3 Å². The average Bonchev–Trinajstić information content (AvgIpc) is 2.41. The number of carboxylic acid groups (broad SMARTS) is 1. The first-order chi connectivity index (χ1) is 9.86. The fourth-order valence-electron chi connectivity index (χ4n) is 1.84. The van der Waals surface area contributed by atoms with Crippen LogP contribution in [0, 0.1) is 6.92 Å². The Kier molecular flexibility index (Phi) is 7.14. The van der Waals surface area contributed by atoms with Crippen LogP contribution < -0.4 is 4.74 Å². The lowest BCUT2D eigenvalue weighted by Gasteiger charge is -2.14. The highest BCUT2D eigenvalue weighted by molar-refractivity contribution is 8.07. The molecule has 0 amide bonds. The van der Waals surface area contributed by atoms with Crippen LogP contribution in [0.15, 0.2) is 23.8 Å². The third-order valence-electron chi connectivity index (χ3n) is 2.99. The molecule has 0 aliphatic rings. The second-order valence-electron chi connectivity index (χ2n) is 4.67. The molecule has 21 heavy (non-hydrogen) atoms. The zero-order chi connectivity index (χ0) is 16.0. The molecule has 0 spiro atoms. The number of aliphatic carboxylic acids is 1. The molecular formula is C15H21NO3S2. The van der Waals surface area contributed by atoms with Gasteiger partial charge in [0.15, 0.2) is 0 Å². The second-order valence-corrected chi connectivity index (χ2v) is 6.17. The van der Waals surface area contributed by atoms with E-state index in [1.807, 2.05) is 38.4 Å². The first-order valence-electron chi connectivity index (χ1n) is 6.48. The topological polar surface area (TPSA) is 49.8 Å². The van der Waals surface area contributed by atoms with Crippen LogP contribution >= 0.6 is 24.6 Å². The molecule has 0 aliphatic carbocycles. The minimum absolute atomic E-state index is 0.357. The van der Waals surface area contributed by atoms with E-state index >= 15 is 0 Å². The van der Waals surface area contributed by atoms with Crippen molar-refractivity contribution in [3.8, 4) is 5.75 Å². The van der Waals surface area contributed by atoms with E-state index in [4.69, 9.17) is 9.84 Å². The molecule has 0 atom stereocenters. The Bertz CT molecular complexity index is 542. The number of hydrogen-bond donors (Lipinski definition) is 2. The molecule has 0 heterocycles. The largest absolute Gasteiger partial charge is 0.492 e. The number of ether oxygens (including phenoxy) is 1. The first kappa shape index (κ1) is 17.9. The van der Waals surface area contributed by atoms with Crippen molar-refractivity contribution in [1.82, 2.24) is 4.31 Å². The van der Waals surface area contributed by atoms with Gasteiger partial charge in [0.25, 0.3) is 0 Å². The number of rotatable bonds is 7. The van der Waals surface area contributed by atoms with Crippen molar-refractivity contribution in [2.45, 2.75) is 13.8 Å². The Morgan fingerprint density at radius 3 is 2.62 bits per heavy atom. The van der Waals surface area contributed by atoms with Gasteiger partial charge in [-0.05, 0) is 56.5 Å². The second kappa shape index (κ2) is 8.36. The minimum Gasteiger partial charge on any atom is -0.492 e. The van der Waals surface area contributed by atoms with Crippen molar-refractivity contribution in [2.75, 3.05) is 26.5 Å². The van der Waals surface area contributed by atoms with Crippen LogP contribution in [0.4, 0.5) is 0 Å². The van der Waals surface area contributed by atoms with Crippen LogP contribution in [0.5, 0.6) is 5.75 Å². The van der Waals surface area contributed by atoms with Gasteiger partial charge in [-0.1, -0.05) is 12.8 Å². The summed E-state index contributed by atoms with van der Waals surface area (Å²) < 4.78 is 7.40. The lowest BCUT2D eigenvalue weighted by molar-refractivity contribution is -0.132. The summed E-state index contributed by atoms with van der Waals surface area (Å²) in [5, 5.41) is 9.15. The maximum absolute atomic E-state index is 11.1. The molecule has 1 aromatic rings. The Morgan fingerprint density at radius 1 is 1.48 bits per heavy atom. The van der Waals surface area contributed by atoms with Gasteiger partial charge < -0.3 is 9.84 Å². The summed E-state index contributed by atoms with van der Waals surface area (Å²) in [7, 11) is 1.87. The van der Waals surface area contributed by atoms with E-state index in [0.29, 0.717) is 12.2 Å². The SMILES string of the molecule is CS/C(=C(\C)C(=O)O)c1ccc(OCCN(C)S)cc1C. The number of thiol groups is 1. The molecule has 4 nitrogen and oxygen atoms in total. The third-order valence-corrected chi connectivity index (χ3v) is 4.13. The molecule has 1 N–H and O–H groups in total. The van der Waals surface area contributed by atoms with Gasteiger partial charge in [-0.15, -0.1) is 11.8 Å². The summed E-state index contributed by atoms with van der Waals surface area (Å²) >= 11 is 5.59. The maximum Gasteiger partial charge on any atom is 0.332 e. The number of carboxylic acids is 1. The number of benzene rings is 1. The average molecular weight is 327 g/mol. The zero-order valence-electron chi connectivity index (χ0n) is 12.7. The van der Waals surface area contributed by atoms with Crippen LogP contribution in [-0.2, 0) is 4.79 Å². The summed E-state index contributed by atoms with van der Waals surface area (Å²) in [6, 6.07) is 5.71. The number of hydrogen-bond acceptors (Lipinski definition) is 5. The fourth-order valence-corrected chi connectivity index (χ4v) is 2.76. The van der Waals surface area contributed by atoms with E-state index in [1.54, 1.807) is 11.2 Å². The summed E-state index contributed by atoms with van der Waals surface area (Å²) in [4.78, 5) is 11.9. The van der Waals surface area contributed by atoms with E-state index < -0.39 is 5.97 Å². The fraction of sp³-hybridized carbons (Fsp3) is 0.400. The number of carbonyl (C=O) groups is 1. The van der Waals surface area contributed by atoms with E-state index in [9.17, 15) is 4.79 Å². The van der Waals surface area contributed by atoms with Crippen molar-refractivity contribution in [1.29, 1.82) is 0 Å². The summed E-state index contributed by atoms with van der Waals surface area (Å²) in [5.41, 5.74) is 2.29. The monoisotopic (exact) mass is 327 g/mol. The van der Waals surface area contributed by atoms with Crippen LogP contribution in [0.1, 0.15) is 18.1 Å². The van der Waals surface area contributed by atoms with Crippen LogP contribution in [0.25, 0.3) is 4.91 Å².